The molecule has 0 radical (unpaired) electrons. The van der Waals surface area contributed by atoms with Crippen molar-refractivity contribution in [1.29, 1.82) is 0 Å². The van der Waals surface area contributed by atoms with Gasteiger partial charge in [-0.3, -0.25) is 9.78 Å². The predicted octanol–water partition coefficient (Wildman–Crippen LogP) is 2.78. The van der Waals surface area contributed by atoms with Gasteiger partial charge in [-0.2, -0.15) is 0 Å². The second-order valence-corrected chi connectivity index (χ2v) is 5.54. The lowest BCUT2D eigenvalue weighted by Crippen LogP contribution is -2.25. The number of anilines is 1. The van der Waals surface area contributed by atoms with Crippen LogP contribution in [0.3, 0.4) is 0 Å². The molecule has 0 spiro atoms. The van der Waals surface area contributed by atoms with Crippen molar-refractivity contribution >= 4 is 11.6 Å². The van der Waals surface area contributed by atoms with E-state index in [9.17, 15) is 4.79 Å². The maximum absolute atomic E-state index is 11.5. The standard InChI is InChI=1S/C15H25N3O/c1-10(2)13(11(3)4)9-18-12-6-7-17-14(8-12)15(19)16-5/h6-8,10-11,13H,9H2,1-5H3,(H,16,19)(H,17,18). The Kier molecular flexibility index (Phi) is 5.80. The number of pyridine rings is 1. The molecule has 0 atom stereocenters. The molecule has 2 N–H and O–H groups in total. The average molecular weight is 263 g/mol. The molecule has 0 saturated heterocycles. The molecular weight excluding hydrogens is 238 g/mol. The van der Waals surface area contributed by atoms with Crippen LogP contribution in [-0.2, 0) is 0 Å². The van der Waals surface area contributed by atoms with Crippen LogP contribution in [0.15, 0.2) is 18.3 Å². The van der Waals surface area contributed by atoms with Crippen LogP contribution in [0.4, 0.5) is 5.69 Å². The van der Waals surface area contributed by atoms with Crippen molar-refractivity contribution < 1.29 is 4.79 Å². The molecular formula is C15H25N3O. The van der Waals surface area contributed by atoms with Gasteiger partial charge >= 0.3 is 0 Å². The summed E-state index contributed by atoms with van der Waals surface area (Å²) in [5, 5.41) is 5.99. The number of hydrogen-bond donors (Lipinski definition) is 2. The summed E-state index contributed by atoms with van der Waals surface area (Å²) < 4.78 is 0. The van der Waals surface area contributed by atoms with Crippen LogP contribution < -0.4 is 10.6 Å². The third-order valence-corrected chi connectivity index (χ3v) is 3.47. The molecule has 1 heterocycles. The van der Waals surface area contributed by atoms with Crippen LogP contribution in [0.25, 0.3) is 0 Å². The van der Waals surface area contributed by atoms with E-state index in [1.807, 2.05) is 6.07 Å². The molecule has 1 amide bonds. The fraction of sp³-hybridized carbons (Fsp3) is 0.600. The Balaban J connectivity index is 2.69. The number of nitrogens with zero attached hydrogens (tertiary/aromatic N) is 1. The molecule has 1 rings (SSSR count). The first-order valence-corrected chi connectivity index (χ1v) is 6.87. The molecule has 0 saturated carbocycles. The lowest BCUT2D eigenvalue weighted by Gasteiger charge is -2.25. The summed E-state index contributed by atoms with van der Waals surface area (Å²) in [7, 11) is 1.61. The Bertz CT molecular complexity index is 408. The molecule has 4 nitrogen and oxygen atoms in total. The van der Waals surface area contributed by atoms with Crippen molar-refractivity contribution in [3.8, 4) is 0 Å². The first-order chi connectivity index (χ1) is 8.95. The predicted molar refractivity (Wildman–Crippen MR) is 79.3 cm³/mol. The lowest BCUT2D eigenvalue weighted by molar-refractivity contribution is 0.0958. The highest BCUT2D eigenvalue weighted by Crippen LogP contribution is 2.21. The average Bonchev–Trinajstić information content (AvgIpc) is 2.37. The highest BCUT2D eigenvalue weighted by Gasteiger charge is 2.17. The van der Waals surface area contributed by atoms with Gasteiger partial charge in [-0.25, -0.2) is 0 Å². The highest BCUT2D eigenvalue weighted by molar-refractivity contribution is 5.92. The van der Waals surface area contributed by atoms with Gasteiger partial charge in [0.05, 0.1) is 0 Å². The summed E-state index contributed by atoms with van der Waals surface area (Å²) in [6, 6.07) is 3.68. The second kappa shape index (κ2) is 7.12. The minimum Gasteiger partial charge on any atom is -0.385 e. The summed E-state index contributed by atoms with van der Waals surface area (Å²) in [5.74, 6) is 1.71. The van der Waals surface area contributed by atoms with E-state index in [4.69, 9.17) is 0 Å². The van der Waals surface area contributed by atoms with Crippen molar-refractivity contribution in [3.63, 3.8) is 0 Å². The number of nitrogens with one attached hydrogen (secondary N) is 2. The monoisotopic (exact) mass is 263 g/mol. The minimum absolute atomic E-state index is 0.159. The Hall–Kier alpha value is -1.58. The van der Waals surface area contributed by atoms with Crippen LogP contribution in [0.5, 0.6) is 0 Å². The molecule has 1 aromatic rings. The number of hydrogen-bond acceptors (Lipinski definition) is 3. The van der Waals surface area contributed by atoms with Gasteiger partial charge in [-0.05, 0) is 29.9 Å². The fourth-order valence-corrected chi connectivity index (χ4v) is 2.27. The van der Waals surface area contributed by atoms with Gasteiger partial charge in [-0.1, -0.05) is 27.7 Å². The molecule has 106 valence electrons. The number of carbonyl (C=O) groups is 1. The topological polar surface area (TPSA) is 54.0 Å². The summed E-state index contributed by atoms with van der Waals surface area (Å²) in [4.78, 5) is 15.6. The Labute approximate surface area is 116 Å². The van der Waals surface area contributed by atoms with Gasteiger partial charge in [0.25, 0.3) is 5.91 Å². The van der Waals surface area contributed by atoms with Crippen LogP contribution in [0.1, 0.15) is 38.2 Å². The molecule has 0 bridgehead atoms. The smallest absolute Gasteiger partial charge is 0.269 e. The van der Waals surface area contributed by atoms with Gasteiger partial charge in [0.2, 0.25) is 0 Å². The molecule has 0 aliphatic carbocycles. The molecule has 0 unspecified atom stereocenters. The van der Waals surface area contributed by atoms with Crippen LogP contribution in [-0.4, -0.2) is 24.5 Å². The van der Waals surface area contributed by atoms with E-state index in [0.29, 0.717) is 23.4 Å². The van der Waals surface area contributed by atoms with Gasteiger partial charge in [-0.15, -0.1) is 0 Å². The fourth-order valence-electron chi connectivity index (χ4n) is 2.27. The number of rotatable bonds is 6. The number of aromatic nitrogens is 1. The first kappa shape index (κ1) is 15.5. The molecule has 1 aromatic heterocycles. The first-order valence-electron chi connectivity index (χ1n) is 6.87. The van der Waals surface area contributed by atoms with Crippen molar-refractivity contribution in [3.05, 3.63) is 24.0 Å². The molecule has 0 fully saturated rings. The van der Waals surface area contributed by atoms with E-state index in [1.165, 1.54) is 0 Å². The van der Waals surface area contributed by atoms with Crippen molar-refractivity contribution in [2.45, 2.75) is 27.7 Å². The third kappa shape index (κ3) is 4.54. The largest absolute Gasteiger partial charge is 0.385 e. The number of amides is 1. The Morgan fingerprint density at radius 1 is 1.26 bits per heavy atom. The minimum atomic E-state index is -0.159. The van der Waals surface area contributed by atoms with E-state index in [2.05, 4.69) is 43.3 Å². The number of carbonyl (C=O) groups excluding carboxylic acids is 1. The molecule has 0 aliphatic rings. The molecule has 0 aliphatic heterocycles. The zero-order valence-electron chi connectivity index (χ0n) is 12.5. The summed E-state index contributed by atoms with van der Waals surface area (Å²) in [5.41, 5.74) is 1.39. The van der Waals surface area contributed by atoms with Crippen LogP contribution >= 0.6 is 0 Å². The highest BCUT2D eigenvalue weighted by atomic mass is 16.1. The lowest BCUT2D eigenvalue weighted by atomic mass is 9.85. The van der Waals surface area contributed by atoms with Gasteiger partial charge in [0.15, 0.2) is 0 Å². The van der Waals surface area contributed by atoms with Gasteiger partial charge < -0.3 is 10.6 Å². The van der Waals surface area contributed by atoms with E-state index in [0.717, 1.165) is 12.2 Å². The van der Waals surface area contributed by atoms with Crippen LogP contribution in [0, 0.1) is 17.8 Å². The quantitative estimate of drug-likeness (QED) is 0.829. The molecule has 4 heteroatoms. The maximum atomic E-state index is 11.5. The van der Waals surface area contributed by atoms with E-state index >= 15 is 0 Å². The van der Waals surface area contributed by atoms with Crippen LogP contribution in [0.2, 0.25) is 0 Å². The van der Waals surface area contributed by atoms with Gasteiger partial charge in [0, 0.05) is 25.5 Å². The Morgan fingerprint density at radius 2 is 1.89 bits per heavy atom. The summed E-state index contributed by atoms with van der Waals surface area (Å²) in [6.07, 6.45) is 1.66. The van der Waals surface area contributed by atoms with Crippen molar-refractivity contribution in [2.24, 2.45) is 17.8 Å². The maximum Gasteiger partial charge on any atom is 0.269 e. The van der Waals surface area contributed by atoms with E-state index in [-0.39, 0.29) is 5.91 Å². The van der Waals surface area contributed by atoms with E-state index in [1.54, 1.807) is 19.3 Å². The normalized spacial score (nSPS) is 11.2. The summed E-state index contributed by atoms with van der Waals surface area (Å²) in [6.45, 7) is 9.89. The molecule has 0 aromatic carbocycles. The van der Waals surface area contributed by atoms with Crippen molar-refractivity contribution in [1.82, 2.24) is 10.3 Å². The van der Waals surface area contributed by atoms with Gasteiger partial charge in [0.1, 0.15) is 5.69 Å². The zero-order valence-corrected chi connectivity index (χ0v) is 12.5. The van der Waals surface area contributed by atoms with E-state index < -0.39 is 0 Å². The third-order valence-electron chi connectivity index (χ3n) is 3.47. The molecule has 19 heavy (non-hydrogen) atoms. The zero-order chi connectivity index (χ0) is 14.4. The second-order valence-electron chi connectivity index (χ2n) is 5.54. The Morgan fingerprint density at radius 3 is 2.42 bits per heavy atom. The SMILES string of the molecule is CNC(=O)c1cc(NCC(C(C)C)C(C)C)ccn1. The van der Waals surface area contributed by atoms with Crippen molar-refractivity contribution in [2.75, 3.05) is 18.9 Å². The summed E-state index contributed by atoms with van der Waals surface area (Å²) >= 11 is 0.